The zero-order valence-electron chi connectivity index (χ0n) is 12.3. The lowest BCUT2D eigenvalue weighted by molar-refractivity contribution is -0.131. The molecule has 0 spiro atoms. The van der Waals surface area contributed by atoms with Crippen LogP contribution in [0.4, 0.5) is 5.69 Å². The Kier molecular flexibility index (Phi) is 5.46. The van der Waals surface area contributed by atoms with Crippen LogP contribution in [0.3, 0.4) is 0 Å². The molecule has 110 valence electrons. The predicted molar refractivity (Wildman–Crippen MR) is 87.0 cm³/mol. The first-order chi connectivity index (χ1) is 9.56. The molecule has 0 saturated carbocycles. The second kappa shape index (κ2) is 7.11. The first-order valence-corrected chi connectivity index (χ1v) is 8.18. The highest BCUT2D eigenvalue weighted by molar-refractivity contribution is 9.10. The highest BCUT2D eigenvalue weighted by atomic mass is 79.9. The van der Waals surface area contributed by atoms with Crippen molar-refractivity contribution in [2.24, 2.45) is 0 Å². The normalized spacial score (nSPS) is 17.4. The number of hydrogen-bond donors (Lipinski definition) is 1. The molecule has 1 unspecified atom stereocenters. The summed E-state index contributed by atoms with van der Waals surface area (Å²) in [7, 11) is 0. The molecule has 1 aliphatic rings. The highest BCUT2D eigenvalue weighted by Gasteiger charge is 2.21. The van der Waals surface area contributed by atoms with E-state index in [2.05, 4.69) is 40.3 Å². The molecule has 1 aromatic rings. The van der Waals surface area contributed by atoms with E-state index in [1.165, 1.54) is 18.4 Å². The predicted octanol–water partition coefficient (Wildman–Crippen LogP) is 3.96. The number of benzene rings is 1. The molecule has 0 aliphatic carbocycles. The Morgan fingerprint density at radius 1 is 1.20 bits per heavy atom. The van der Waals surface area contributed by atoms with Gasteiger partial charge in [0.25, 0.3) is 0 Å². The summed E-state index contributed by atoms with van der Waals surface area (Å²) in [6.45, 7) is 5.81. The van der Waals surface area contributed by atoms with E-state index in [-0.39, 0.29) is 11.9 Å². The second-order valence-corrected chi connectivity index (χ2v) is 6.54. The van der Waals surface area contributed by atoms with Crippen molar-refractivity contribution in [3.05, 3.63) is 28.2 Å². The van der Waals surface area contributed by atoms with Gasteiger partial charge in [0.1, 0.15) is 6.04 Å². The summed E-state index contributed by atoms with van der Waals surface area (Å²) in [6.07, 6.45) is 4.76. The average Bonchev–Trinajstić information content (AvgIpc) is 2.65. The molecule has 1 atom stereocenters. The van der Waals surface area contributed by atoms with Crippen molar-refractivity contribution in [3.8, 4) is 0 Å². The Labute approximate surface area is 129 Å². The van der Waals surface area contributed by atoms with Crippen LogP contribution in [-0.4, -0.2) is 29.9 Å². The van der Waals surface area contributed by atoms with Crippen molar-refractivity contribution < 1.29 is 4.79 Å². The fraction of sp³-hybridized carbons (Fsp3) is 0.562. The molecule has 0 radical (unpaired) electrons. The molecule has 1 aliphatic heterocycles. The molecule has 1 saturated heterocycles. The summed E-state index contributed by atoms with van der Waals surface area (Å²) in [5.41, 5.74) is 2.17. The van der Waals surface area contributed by atoms with E-state index in [1.54, 1.807) is 0 Å². The van der Waals surface area contributed by atoms with Gasteiger partial charge in [0, 0.05) is 23.2 Å². The van der Waals surface area contributed by atoms with Crippen LogP contribution in [0.1, 0.15) is 38.2 Å². The van der Waals surface area contributed by atoms with Crippen molar-refractivity contribution >= 4 is 27.5 Å². The van der Waals surface area contributed by atoms with E-state index in [9.17, 15) is 4.79 Å². The summed E-state index contributed by atoms with van der Waals surface area (Å²) >= 11 is 3.49. The van der Waals surface area contributed by atoms with Crippen molar-refractivity contribution in [3.63, 3.8) is 0 Å². The molecule has 1 fully saturated rings. The lowest BCUT2D eigenvalue weighted by Crippen LogP contribution is -2.41. The Morgan fingerprint density at radius 3 is 2.45 bits per heavy atom. The molecule has 4 heteroatoms. The van der Waals surface area contributed by atoms with Crippen LogP contribution in [0.15, 0.2) is 22.7 Å². The van der Waals surface area contributed by atoms with Crippen LogP contribution in [0.2, 0.25) is 0 Å². The van der Waals surface area contributed by atoms with Gasteiger partial charge < -0.3 is 10.2 Å². The number of nitrogens with one attached hydrogen (secondary N) is 1. The molecule has 20 heavy (non-hydrogen) atoms. The molecular formula is C16H23BrN2O. The summed E-state index contributed by atoms with van der Waals surface area (Å²) in [4.78, 5) is 14.5. The third kappa shape index (κ3) is 4.23. The lowest BCUT2D eigenvalue weighted by Gasteiger charge is -2.25. The Bertz CT molecular complexity index is 447. The minimum Gasteiger partial charge on any atom is -0.374 e. The van der Waals surface area contributed by atoms with Gasteiger partial charge >= 0.3 is 0 Å². The summed E-state index contributed by atoms with van der Waals surface area (Å²) in [5, 5.41) is 3.32. The molecule has 1 heterocycles. The quantitative estimate of drug-likeness (QED) is 0.904. The van der Waals surface area contributed by atoms with Gasteiger partial charge in [-0.25, -0.2) is 0 Å². The molecule has 0 aromatic heterocycles. The smallest absolute Gasteiger partial charge is 0.244 e. The first-order valence-electron chi connectivity index (χ1n) is 7.39. The Morgan fingerprint density at radius 2 is 1.85 bits per heavy atom. The van der Waals surface area contributed by atoms with E-state index in [0.717, 1.165) is 36.1 Å². The molecule has 1 amide bonds. The van der Waals surface area contributed by atoms with Crippen LogP contribution in [0.25, 0.3) is 0 Å². The second-order valence-electron chi connectivity index (χ2n) is 5.62. The van der Waals surface area contributed by atoms with Crippen LogP contribution < -0.4 is 5.32 Å². The van der Waals surface area contributed by atoms with Crippen molar-refractivity contribution in [2.75, 3.05) is 18.4 Å². The fourth-order valence-electron chi connectivity index (χ4n) is 2.70. The first kappa shape index (κ1) is 15.4. The summed E-state index contributed by atoms with van der Waals surface area (Å²) in [5.74, 6) is 0.213. The van der Waals surface area contributed by atoms with Crippen molar-refractivity contribution in [1.29, 1.82) is 0 Å². The van der Waals surface area contributed by atoms with Crippen LogP contribution >= 0.6 is 15.9 Å². The van der Waals surface area contributed by atoms with Gasteiger partial charge in [-0.15, -0.1) is 0 Å². The SMILES string of the molecule is Cc1cc(Br)cc(NC(C)C(=O)N2CCCCCC2)c1. The number of aryl methyl sites for hydroxylation is 1. The number of nitrogens with zero attached hydrogens (tertiary/aromatic N) is 1. The minimum atomic E-state index is -0.179. The molecule has 0 bridgehead atoms. The molecular weight excluding hydrogens is 316 g/mol. The molecule has 1 N–H and O–H groups in total. The number of halogens is 1. The number of anilines is 1. The van der Waals surface area contributed by atoms with E-state index >= 15 is 0 Å². The standard InChI is InChI=1S/C16H23BrN2O/c1-12-9-14(17)11-15(10-12)18-13(2)16(20)19-7-5-3-4-6-8-19/h9-11,13,18H,3-8H2,1-2H3. The number of hydrogen-bond acceptors (Lipinski definition) is 2. The number of carbonyl (C=O) groups excluding carboxylic acids is 1. The highest BCUT2D eigenvalue weighted by Crippen LogP contribution is 2.20. The van der Waals surface area contributed by atoms with Gasteiger partial charge in [-0.3, -0.25) is 4.79 Å². The fourth-order valence-corrected chi connectivity index (χ4v) is 3.30. The lowest BCUT2D eigenvalue weighted by atomic mass is 10.2. The maximum absolute atomic E-state index is 12.5. The van der Waals surface area contributed by atoms with E-state index in [4.69, 9.17) is 0 Å². The van der Waals surface area contributed by atoms with Crippen LogP contribution in [0, 0.1) is 6.92 Å². The number of carbonyl (C=O) groups is 1. The van der Waals surface area contributed by atoms with E-state index in [1.807, 2.05) is 17.9 Å². The molecule has 1 aromatic carbocycles. The topological polar surface area (TPSA) is 32.3 Å². The van der Waals surface area contributed by atoms with Crippen molar-refractivity contribution in [2.45, 2.75) is 45.6 Å². The maximum atomic E-state index is 12.5. The van der Waals surface area contributed by atoms with Gasteiger partial charge in [-0.2, -0.15) is 0 Å². The van der Waals surface area contributed by atoms with Gasteiger partial charge in [0.15, 0.2) is 0 Å². The van der Waals surface area contributed by atoms with Crippen LogP contribution in [-0.2, 0) is 4.79 Å². The van der Waals surface area contributed by atoms with E-state index in [0.29, 0.717) is 0 Å². The number of amides is 1. The Balaban J connectivity index is 1.99. The number of likely N-dealkylation sites (tertiary alicyclic amines) is 1. The van der Waals surface area contributed by atoms with Gasteiger partial charge in [-0.05, 0) is 50.5 Å². The van der Waals surface area contributed by atoms with Gasteiger partial charge in [0.2, 0.25) is 5.91 Å². The van der Waals surface area contributed by atoms with Crippen molar-refractivity contribution in [1.82, 2.24) is 4.90 Å². The summed E-state index contributed by atoms with van der Waals surface area (Å²) in [6, 6.07) is 5.96. The largest absolute Gasteiger partial charge is 0.374 e. The Hall–Kier alpha value is -1.03. The van der Waals surface area contributed by atoms with Gasteiger partial charge in [-0.1, -0.05) is 28.8 Å². The van der Waals surface area contributed by atoms with Crippen LogP contribution in [0.5, 0.6) is 0 Å². The molecule has 2 rings (SSSR count). The zero-order chi connectivity index (χ0) is 14.5. The zero-order valence-corrected chi connectivity index (χ0v) is 13.9. The average molecular weight is 339 g/mol. The van der Waals surface area contributed by atoms with Gasteiger partial charge in [0.05, 0.1) is 0 Å². The third-order valence-corrected chi connectivity index (χ3v) is 4.17. The maximum Gasteiger partial charge on any atom is 0.244 e. The monoisotopic (exact) mass is 338 g/mol. The minimum absolute atomic E-state index is 0.179. The number of rotatable bonds is 3. The molecule has 3 nitrogen and oxygen atoms in total. The van der Waals surface area contributed by atoms with E-state index < -0.39 is 0 Å². The summed E-state index contributed by atoms with van der Waals surface area (Å²) < 4.78 is 1.04. The third-order valence-electron chi connectivity index (χ3n) is 3.71.